The number of rotatable bonds is 6. The van der Waals surface area contributed by atoms with E-state index >= 15 is 0 Å². The summed E-state index contributed by atoms with van der Waals surface area (Å²) in [6.07, 6.45) is 0. The molecule has 0 aliphatic rings. The van der Waals surface area contributed by atoms with Crippen LogP contribution in [0.3, 0.4) is 0 Å². The summed E-state index contributed by atoms with van der Waals surface area (Å²) < 4.78 is 16.0. The first-order valence-electron chi connectivity index (χ1n) is 7.20. The predicted molar refractivity (Wildman–Crippen MR) is 87.0 cm³/mol. The molecule has 1 rings (SSSR count). The number of methoxy groups -OCH3 is 2. The van der Waals surface area contributed by atoms with Crippen LogP contribution in [0.5, 0.6) is 5.75 Å². The number of aliphatic hydroxyl groups is 1. The van der Waals surface area contributed by atoms with Gasteiger partial charge in [0, 0.05) is 0 Å². The maximum Gasteiger partial charge on any atom is 0.341 e. The van der Waals surface area contributed by atoms with Crippen molar-refractivity contribution in [3.05, 3.63) is 23.8 Å². The lowest BCUT2D eigenvalue weighted by Gasteiger charge is -2.39. The quantitative estimate of drug-likeness (QED) is 0.642. The van der Waals surface area contributed by atoms with Crippen LogP contribution in [-0.2, 0) is 9.39 Å². The number of hydrogen-bond donors (Lipinski definition) is 1. The minimum Gasteiger partial charge on any atom is -0.496 e. The summed E-state index contributed by atoms with van der Waals surface area (Å²) in [6.45, 7) is 8.70. The van der Waals surface area contributed by atoms with Crippen molar-refractivity contribution in [2.24, 2.45) is 0 Å². The molecule has 0 saturated heterocycles. The summed E-state index contributed by atoms with van der Waals surface area (Å²) >= 11 is 0. The first kappa shape index (κ1) is 18.5. The van der Waals surface area contributed by atoms with Gasteiger partial charge in [0.1, 0.15) is 11.3 Å². The molecule has 0 aliphatic heterocycles. The lowest BCUT2D eigenvalue weighted by Crippen LogP contribution is -2.52. The Balaban J connectivity index is 3.05. The minimum absolute atomic E-state index is 0.276. The third-order valence-electron chi connectivity index (χ3n) is 4.05. The molecule has 0 bridgehead atoms. The van der Waals surface area contributed by atoms with Gasteiger partial charge >= 0.3 is 12.9 Å². The lowest BCUT2D eigenvalue weighted by molar-refractivity contribution is -0.0918. The number of benzene rings is 1. The summed E-state index contributed by atoms with van der Waals surface area (Å²) in [6, 6.07) is 5.19. The van der Waals surface area contributed by atoms with Gasteiger partial charge < -0.3 is 19.2 Å². The number of carbonyl (C=O) groups excluding carboxylic acids is 1. The highest BCUT2D eigenvalue weighted by atomic mass is 16.5. The third-order valence-corrected chi connectivity index (χ3v) is 4.05. The zero-order chi connectivity index (χ0) is 17.1. The molecular weight excluding hydrogens is 283 g/mol. The van der Waals surface area contributed by atoms with Gasteiger partial charge in [0.05, 0.1) is 25.4 Å². The van der Waals surface area contributed by atoms with Gasteiger partial charge in [-0.15, -0.1) is 0 Å². The third kappa shape index (κ3) is 4.02. The van der Waals surface area contributed by atoms with Crippen molar-refractivity contribution >= 4 is 18.3 Å². The Bertz CT molecular complexity index is 534. The molecule has 0 amide bonds. The van der Waals surface area contributed by atoms with Gasteiger partial charge in [-0.2, -0.15) is 0 Å². The van der Waals surface area contributed by atoms with E-state index in [4.69, 9.17) is 14.1 Å². The Morgan fingerprint density at radius 3 is 2.23 bits per heavy atom. The van der Waals surface area contributed by atoms with Gasteiger partial charge in [-0.05, 0) is 45.3 Å². The Morgan fingerprint density at radius 2 is 1.77 bits per heavy atom. The summed E-state index contributed by atoms with van der Waals surface area (Å²) in [7, 11) is 2.82. The Morgan fingerprint density at radius 1 is 1.18 bits per heavy atom. The second kappa shape index (κ2) is 6.71. The fraction of sp³-hybridized carbons (Fsp3) is 0.562. The van der Waals surface area contributed by atoms with E-state index in [2.05, 4.69) is 0 Å². The smallest absolute Gasteiger partial charge is 0.341 e. The lowest BCUT2D eigenvalue weighted by atomic mass is 9.62. The van der Waals surface area contributed by atoms with Crippen LogP contribution in [0.4, 0.5) is 0 Å². The molecule has 1 N–H and O–H groups in total. The molecule has 22 heavy (non-hydrogen) atoms. The van der Waals surface area contributed by atoms with Crippen molar-refractivity contribution in [2.75, 3.05) is 14.2 Å². The highest BCUT2D eigenvalue weighted by Crippen LogP contribution is 2.26. The van der Waals surface area contributed by atoms with Crippen LogP contribution in [0.25, 0.3) is 0 Å². The fourth-order valence-electron chi connectivity index (χ4n) is 1.89. The van der Waals surface area contributed by atoms with E-state index in [9.17, 15) is 9.90 Å². The average Bonchev–Trinajstić information content (AvgIpc) is 2.44. The zero-order valence-electron chi connectivity index (χ0n) is 14.4. The minimum atomic E-state index is -0.989. The van der Waals surface area contributed by atoms with Gasteiger partial charge in [0.2, 0.25) is 0 Å². The summed E-state index contributed by atoms with van der Waals surface area (Å²) in [4.78, 5) is 11.7. The first-order valence-corrected chi connectivity index (χ1v) is 7.20. The highest BCUT2D eigenvalue weighted by molar-refractivity contribution is 6.66. The van der Waals surface area contributed by atoms with Crippen LogP contribution in [0.2, 0.25) is 6.82 Å². The molecule has 0 atom stereocenters. The van der Waals surface area contributed by atoms with E-state index in [1.807, 2.05) is 20.7 Å². The molecule has 0 spiro atoms. The van der Waals surface area contributed by atoms with Crippen molar-refractivity contribution < 1.29 is 24.0 Å². The van der Waals surface area contributed by atoms with Crippen LogP contribution < -0.4 is 10.2 Å². The molecule has 1 aromatic carbocycles. The van der Waals surface area contributed by atoms with Crippen molar-refractivity contribution in [3.63, 3.8) is 0 Å². The number of hydrogen-bond acceptors (Lipinski definition) is 5. The summed E-state index contributed by atoms with van der Waals surface area (Å²) in [5.74, 6) is -0.0188. The monoisotopic (exact) mass is 308 g/mol. The van der Waals surface area contributed by atoms with E-state index in [1.165, 1.54) is 14.2 Å². The maximum atomic E-state index is 11.7. The molecule has 0 radical (unpaired) electrons. The van der Waals surface area contributed by atoms with Crippen molar-refractivity contribution in [3.8, 4) is 5.75 Å². The zero-order valence-corrected chi connectivity index (χ0v) is 14.4. The van der Waals surface area contributed by atoms with E-state index in [0.29, 0.717) is 11.3 Å². The average molecular weight is 308 g/mol. The molecule has 0 aromatic heterocycles. The fourth-order valence-corrected chi connectivity index (χ4v) is 1.89. The number of ether oxygens (including phenoxy) is 2. The standard InChI is InChI=1S/C16H25BO5/c1-15(2,19)16(3,4)22-17(5)11-8-9-12(14(18)21-7)13(10-11)20-6/h8-10,19H,1-7H3. The van der Waals surface area contributed by atoms with Gasteiger partial charge in [-0.25, -0.2) is 4.79 Å². The maximum absolute atomic E-state index is 11.7. The molecule has 0 fully saturated rings. The number of carbonyl (C=O) groups is 1. The van der Waals surface area contributed by atoms with Crippen molar-refractivity contribution in [1.82, 2.24) is 0 Å². The molecule has 5 nitrogen and oxygen atoms in total. The summed E-state index contributed by atoms with van der Waals surface area (Å²) in [5.41, 5.74) is -0.512. The molecule has 0 aliphatic carbocycles. The Hall–Kier alpha value is -1.53. The molecular formula is C16H25BO5. The Kier molecular flexibility index (Phi) is 5.65. The van der Waals surface area contributed by atoms with Gasteiger partial charge in [-0.1, -0.05) is 12.9 Å². The second-order valence-electron chi connectivity index (χ2n) is 6.28. The van der Waals surface area contributed by atoms with Crippen LogP contribution in [0.15, 0.2) is 18.2 Å². The molecule has 0 unspecified atom stereocenters. The SMILES string of the molecule is COC(=O)c1ccc(B(C)OC(C)(C)C(C)(C)O)cc1OC. The molecule has 6 heteroatoms. The van der Waals surface area contributed by atoms with E-state index in [0.717, 1.165) is 5.46 Å². The molecule has 1 aromatic rings. The molecule has 0 saturated carbocycles. The van der Waals surface area contributed by atoms with Crippen LogP contribution in [0, 0.1) is 0 Å². The highest BCUT2D eigenvalue weighted by Gasteiger charge is 2.38. The van der Waals surface area contributed by atoms with E-state index in [-0.39, 0.29) is 6.92 Å². The normalized spacial score (nSPS) is 12.0. The topological polar surface area (TPSA) is 65.0 Å². The van der Waals surface area contributed by atoms with Crippen LogP contribution in [-0.4, -0.2) is 43.4 Å². The first-order chi connectivity index (χ1) is 10.0. The van der Waals surface area contributed by atoms with Crippen LogP contribution >= 0.6 is 0 Å². The van der Waals surface area contributed by atoms with Gasteiger partial charge in [0.15, 0.2) is 0 Å². The molecule has 0 heterocycles. The van der Waals surface area contributed by atoms with Gasteiger partial charge in [-0.3, -0.25) is 0 Å². The largest absolute Gasteiger partial charge is 0.496 e. The van der Waals surface area contributed by atoms with Crippen LogP contribution in [0.1, 0.15) is 38.1 Å². The van der Waals surface area contributed by atoms with Gasteiger partial charge in [0.25, 0.3) is 0 Å². The van der Waals surface area contributed by atoms with Crippen molar-refractivity contribution in [1.29, 1.82) is 0 Å². The molecule has 122 valence electrons. The van der Waals surface area contributed by atoms with E-state index in [1.54, 1.807) is 32.0 Å². The number of esters is 1. The van der Waals surface area contributed by atoms with Crippen molar-refractivity contribution in [2.45, 2.75) is 45.7 Å². The Labute approximate surface area is 132 Å². The van der Waals surface area contributed by atoms with E-state index < -0.39 is 17.2 Å². The second-order valence-corrected chi connectivity index (χ2v) is 6.28. The predicted octanol–water partition coefficient (Wildman–Crippen LogP) is 1.88. The summed E-state index contributed by atoms with van der Waals surface area (Å²) in [5, 5.41) is 10.2.